The first kappa shape index (κ1) is 14.4. The van der Waals surface area contributed by atoms with Gasteiger partial charge in [-0.25, -0.2) is 0 Å². The van der Waals surface area contributed by atoms with Crippen LogP contribution in [-0.2, 0) is 4.79 Å². The summed E-state index contributed by atoms with van der Waals surface area (Å²) in [5.41, 5.74) is 0.457. The van der Waals surface area contributed by atoms with Crippen molar-refractivity contribution in [1.82, 2.24) is 0 Å². The molecule has 0 saturated carbocycles. The fraction of sp³-hybridized carbons (Fsp3) is 0.357. The number of halogens is 3. The molecule has 0 fully saturated rings. The molecule has 0 aromatic heterocycles. The molecule has 6 heteroatoms. The Hall–Kier alpha value is -1.98. The second-order valence-corrected chi connectivity index (χ2v) is 4.54. The Morgan fingerprint density at radius 1 is 1.20 bits per heavy atom. The molecule has 1 aromatic carbocycles. The number of anilines is 1. The van der Waals surface area contributed by atoms with Gasteiger partial charge >= 0.3 is 6.36 Å². The molecule has 1 amide bonds. The van der Waals surface area contributed by atoms with E-state index in [1.807, 2.05) is 12.2 Å². The van der Waals surface area contributed by atoms with Crippen LogP contribution in [0.15, 0.2) is 36.4 Å². The van der Waals surface area contributed by atoms with E-state index in [1.54, 1.807) is 0 Å². The van der Waals surface area contributed by atoms with Gasteiger partial charge in [-0.15, -0.1) is 13.2 Å². The molecule has 1 aromatic rings. The maximum atomic E-state index is 12.0. The summed E-state index contributed by atoms with van der Waals surface area (Å²) in [6, 6.07) is 5.11. The minimum Gasteiger partial charge on any atom is -0.406 e. The predicted octanol–water partition coefficient (Wildman–Crippen LogP) is 3.88. The normalized spacial score (nSPS) is 18.6. The van der Waals surface area contributed by atoms with Crippen LogP contribution >= 0.6 is 0 Å². The van der Waals surface area contributed by atoms with Crippen molar-refractivity contribution in [1.29, 1.82) is 0 Å². The smallest absolute Gasteiger partial charge is 0.406 e. The van der Waals surface area contributed by atoms with E-state index < -0.39 is 6.36 Å². The Bertz CT molecular complexity index is 494. The van der Waals surface area contributed by atoms with Crippen LogP contribution in [0, 0.1) is 5.92 Å². The number of carbonyl (C=O) groups is 1. The monoisotopic (exact) mass is 285 g/mol. The summed E-state index contributed by atoms with van der Waals surface area (Å²) in [5, 5.41) is 2.69. The van der Waals surface area contributed by atoms with E-state index in [0.717, 1.165) is 12.8 Å². The number of amides is 1. The summed E-state index contributed by atoms with van der Waals surface area (Å²) in [6.45, 7) is 0. The highest BCUT2D eigenvalue weighted by Crippen LogP contribution is 2.25. The Morgan fingerprint density at radius 3 is 2.45 bits per heavy atom. The van der Waals surface area contributed by atoms with E-state index in [-0.39, 0.29) is 17.6 Å². The van der Waals surface area contributed by atoms with Crippen molar-refractivity contribution in [2.75, 3.05) is 5.32 Å². The molecule has 0 aliphatic heterocycles. The van der Waals surface area contributed by atoms with Crippen LogP contribution in [0.4, 0.5) is 18.9 Å². The standard InChI is InChI=1S/C14H14F3NO2/c15-14(16,17)20-12-8-6-11(7-9-12)18-13(19)10-4-2-1-3-5-10/h1-2,6-10H,3-5H2,(H,18,19)/t10-/m0/s1. The molecule has 0 spiro atoms. The predicted molar refractivity (Wildman–Crippen MR) is 68.2 cm³/mol. The van der Waals surface area contributed by atoms with E-state index in [2.05, 4.69) is 10.1 Å². The zero-order valence-electron chi connectivity index (χ0n) is 10.6. The number of alkyl halides is 3. The van der Waals surface area contributed by atoms with Gasteiger partial charge in [0.15, 0.2) is 0 Å². The van der Waals surface area contributed by atoms with Gasteiger partial charge in [-0.3, -0.25) is 4.79 Å². The Balaban J connectivity index is 1.93. The lowest BCUT2D eigenvalue weighted by Gasteiger charge is -2.17. The molecule has 1 N–H and O–H groups in total. The second-order valence-electron chi connectivity index (χ2n) is 4.54. The number of ether oxygens (including phenoxy) is 1. The fourth-order valence-corrected chi connectivity index (χ4v) is 2.02. The molecule has 0 saturated heterocycles. The van der Waals surface area contributed by atoms with Gasteiger partial charge in [0.1, 0.15) is 5.75 Å². The van der Waals surface area contributed by atoms with Crippen molar-refractivity contribution >= 4 is 11.6 Å². The van der Waals surface area contributed by atoms with Crippen molar-refractivity contribution in [3.63, 3.8) is 0 Å². The summed E-state index contributed by atoms with van der Waals surface area (Å²) in [7, 11) is 0. The molecule has 1 aliphatic carbocycles. The fourth-order valence-electron chi connectivity index (χ4n) is 2.02. The molecule has 1 atom stereocenters. The topological polar surface area (TPSA) is 38.3 Å². The number of hydrogen-bond donors (Lipinski definition) is 1. The molecule has 0 unspecified atom stereocenters. The molecular weight excluding hydrogens is 271 g/mol. The summed E-state index contributed by atoms with van der Waals surface area (Å²) in [5.74, 6) is -0.499. The molecule has 108 valence electrons. The first-order valence-corrected chi connectivity index (χ1v) is 6.26. The Labute approximate surface area is 114 Å². The van der Waals surface area contributed by atoms with Gasteiger partial charge in [0, 0.05) is 11.6 Å². The van der Waals surface area contributed by atoms with Crippen LogP contribution in [0.1, 0.15) is 19.3 Å². The Morgan fingerprint density at radius 2 is 1.90 bits per heavy atom. The zero-order valence-corrected chi connectivity index (χ0v) is 10.6. The molecule has 1 aliphatic rings. The molecule has 0 radical (unpaired) electrons. The van der Waals surface area contributed by atoms with E-state index in [0.29, 0.717) is 12.1 Å². The summed E-state index contributed by atoms with van der Waals surface area (Å²) >= 11 is 0. The molecule has 3 nitrogen and oxygen atoms in total. The van der Waals surface area contributed by atoms with E-state index in [4.69, 9.17) is 0 Å². The maximum absolute atomic E-state index is 12.0. The van der Waals surface area contributed by atoms with Crippen LogP contribution in [0.3, 0.4) is 0 Å². The average Bonchev–Trinajstić information content (AvgIpc) is 2.40. The lowest BCUT2D eigenvalue weighted by Crippen LogP contribution is -2.23. The van der Waals surface area contributed by atoms with Gasteiger partial charge in [0.05, 0.1) is 0 Å². The highest BCUT2D eigenvalue weighted by Gasteiger charge is 2.31. The summed E-state index contributed by atoms with van der Waals surface area (Å²) in [4.78, 5) is 11.9. The number of allylic oxidation sites excluding steroid dienone is 2. The average molecular weight is 285 g/mol. The number of hydrogen-bond acceptors (Lipinski definition) is 2. The second kappa shape index (κ2) is 5.98. The number of benzene rings is 1. The maximum Gasteiger partial charge on any atom is 0.573 e. The van der Waals surface area contributed by atoms with Gasteiger partial charge in [-0.1, -0.05) is 12.2 Å². The Kier molecular flexibility index (Phi) is 4.32. The van der Waals surface area contributed by atoms with Crippen molar-refractivity contribution in [2.24, 2.45) is 5.92 Å². The zero-order chi connectivity index (χ0) is 14.6. The molecule has 0 bridgehead atoms. The van der Waals surface area contributed by atoms with Gasteiger partial charge < -0.3 is 10.1 Å². The minimum atomic E-state index is -4.71. The summed E-state index contributed by atoms with van der Waals surface area (Å²) in [6.07, 6.45) is 1.65. The van der Waals surface area contributed by atoms with Crippen LogP contribution in [0.25, 0.3) is 0 Å². The summed E-state index contributed by atoms with van der Waals surface area (Å²) < 4.78 is 39.7. The lowest BCUT2D eigenvalue weighted by atomic mass is 9.93. The van der Waals surface area contributed by atoms with E-state index in [9.17, 15) is 18.0 Å². The van der Waals surface area contributed by atoms with Gasteiger partial charge in [-0.2, -0.15) is 0 Å². The van der Waals surface area contributed by atoms with E-state index in [1.165, 1.54) is 24.3 Å². The van der Waals surface area contributed by atoms with Crippen LogP contribution in [0.2, 0.25) is 0 Å². The van der Waals surface area contributed by atoms with Crippen molar-refractivity contribution < 1.29 is 22.7 Å². The third kappa shape index (κ3) is 4.29. The highest BCUT2D eigenvalue weighted by atomic mass is 19.4. The first-order valence-electron chi connectivity index (χ1n) is 6.26. The van der Waals surface area contributed by atoms with Gasteiger partial charge in [-0.05, 0) is 43.5 Å². The molecule has 0 heterocycles. The SMILES string of the molecule is O=C(Nc1ccc(OC(F)(F)F)cc1)[C@H]1CC=CCC1. The minimum absolute atomic E-state index is 0.0777. The van der Waals surface area contributed by atoms with Crippen LogP contribution in [-0.4, -0.2) is 12.3 Å². The van der Waals surface area contributed by atoms with Crippen LogP contribution < -0.4 is 10.1 Å². The number of rotatable bonds is 3. The number of nitrogens with one attached hydrogen (secondary N) is 1. The quantitative estimate of drug-likeness (QED) is 0.856. The van der Waals surface area contributed by atoms with Gasteiger partial charge in [0.25, 0.3) is 0 Å². The largest absolute Gasteiger partial charge is 0.573 e. The van der Waals surface area contributed by atoms with Crippen molar-refractivity contribution in [3.05, 3.63) is 36.4 Å². The number of carbonyl (C=O) groups excluding carboxylic acids is 1. The lowest BCUT2D eigenvalue weighted by molar-refractivity contribution is -0.274. The highest BCUT2D eigenvalue weighted by molar-refractivity contribution is 5.92. The first-order chi connectivity index (χ1) is 9.44. The van der Waals surface area contributed by atoms with Gasteiger partial charge in [0.2, 0.25) is 5.91 Å². The van der Waals surface area contributed by atoms with Crippen LogP contribution in [0.5, 0.6) is 5.75 Å². The molecule has 20 heavy (non-hydrogen) atoms. The van der Waals surface area contributed by atoms with Crippen molar-refractivity contribution in [3.8, 4) is 5.75 Å². The third-order valence-corrected chi connectivity index (χ3v) is 3.00. The third-order valence-electron chi connectivity index (χ3n) is 3.00. The molecule has 2 rings (SSSR count). The molecular formula is C14H14F3NO2. The van der Waals surface area contributed by atoms with Crippen molar-refractivity contribution in [2.45, 2.75) is 25.6 Å². The van der Waals surface area contributed by atoms with E-state index >= 15 is 0 Å².